The van der Waals surface area contributed by atoms with Gasteiger partial charge in [-0.2, -0.15) is 0 Å². The van der Waals surface area contributed by atoms with Crippen LogP contribution >= 0.6 is 0 Å². The number of anilines is 1. The Labute approximate surface area is 144 Å². The molecule has 1 saturated heterocycles. The van der Waals surface area contributed by atoms with E-state index in [1.165, 1.54) is 0 Å². The molecule has 0 aromatic heterocycles. The largest absolute Gasteiger partial charge is 0.384 e. The molecule has 1 aromatic rings. The van der Waals surface area contributed by atoms with Gasteiger partial charge in [0, 0.05) is 45.0 Å². The first-order valence-electron chi connectivity index (χ1n) is 8.79. The van der Waals surface area contributed by atoms with Gasteiger partial charge >= 0.3 is 6.03 Å². The SMILES string of the molecule is COCCc1ccccc1NC(=O)N1CCC(N2CC=CC2)CC1. The lowest BCUT2D eigenvalue weighted by Crippen LogP contribution is -2.47. The van der Waals surface area contributed by atoms with E-state index in [1.54, 1.807) is 7.11 Å². The molecule has 2 aliphatic rings. The van der Waals surface area contributed by atoms with E-state index >= 15 is 0 Å². The molecule has 3 rings (SSSR count). The summed E-state index contributed by atoms with van der Waals surface area (Å²) in [5, 5.41) is 3.08. The van der Waals surface area contributed by atoms with E-state index in [0.717, 1.165) is 56.7 Å². The molecule has 2 aliphatic heterocycles. The predicted molar refractivity (Wildman–Crippen MR) is 96.3 cm³/mol. The maximum Gasteiger partial charge on any atom is 0.321 e. The Morgan fingerprint density at radius 1 is 1.21 bits per heavy atom. The molecule has 2 heterocycles. The van der Waals surface area contributed by atoms with Crippen LogP contribution in [0.1, 0.15) is 18.4 Å². The van der Waals surface area contributed by atoms with Crippen molar-refractivity contribution < 1.29 is 9.53 Å². The Kier molecular flexibility index (Phi) is 5.88. The van der Waals surface area contributed by atoms with Crippen molar-refractivity contribution >= 4 is 11.7 Å². The lowest BCUT2D eigenvalue weighted by Gasteiger charge is -2.36. The first-order valence-corrected chi connectivity index (χ1v) is 8.79. The number of methoxy groups -OCH3 is 1. The van der Waals surface area contributed by atoms with Crippen molar-refractivity contribution in [3.63, 3.8) is 0 Å². The second kappa shape index (κ2) is 8.31. The summed E-state index contributed by atoms with van der Waals surface area (Å²) >= 11 is 0. The molecule has 0 radical (unpaired) electrons. The van der Waals surface area contributed by atoms with Crippen molar-refractivity contribution in [2.45, 2.75) is 25.3 Å². The van der Waals surface area contributed by atoms with E-state index in [2.05, 4.69) is 22.4 Å². The van der Waals surface area contributed by atoms with E-state index in [1.807, 2.05) is 29.2 Å². The van der Waals surface area contributed by atoms with Crippen molar-refractivity contribution in [3.8, 4) is 0 Å². The van der Waals surface area contributed by atoms with Gasteiger partial charge in [-0.3, -0.25) is 4.90 Å². The minimum absolute atomic E-state index is 0.0119. The van der Waals surface area contributed by atoms with Crippen LogP contribution < -0.4 is 5.32 Å². The summed E-state index contributed by atoms with van der Waals surface area (Å²) in [5.41, 5.74) is 2.01. The van der Waals surface area contributed by atoms with Gasteiger partial charge in [0.25, 0.3) is 0 Å². The van der Waals surface area contributed by atoms with Crippen LogP contribution in [-0.4, -0.2) is 61.8 Å². The van der Waals surface area contributed by atoms with E-state index in [9.17, 15) is 4.79 Å². The van der Waals surface area contributed by atoms with E-state index < -0.39 is 0 Å². The van der Waals surface area contributed by atoms with Crippen LogP contribution in [0, 0.1) is 0 Å². The highest BCUT2D eigenvalue weighted by atomic mass is 16.5. The van der Waals surface area contributed by atoms with E-state index in [0.29, 0.717) is 12.6 Å². The van der Waals surface area contributed by atoms with Crippen LogP contribution in [0.4, 0.5) is 10.5 Å². The molecule has 0 spiro atoms. The van der Waals surface area contributed by atoms with Crippen LogP contribution in [0.25, 0.3) is 0 Å². The zero-order valence-corrected chi connectivity index (χ0v) is 14.4. The van der Waals surface area contributed by atoms with Gasteiger partial charge in [-0.05, 0) is 30.9 Å². The third-order valence-corrected chi connectivity index (χ3v) is 4.95. The molecule has 0 atom stereocenters. The molecule has 1 N–H and O–H groups in total. The fourth-order valence-corrected chi connectivity index (χ4v) is 3.49. The lowest BCUT2D eigenvalue weighted by molar-refractivity contribution is 0.144. The molecule has 5 heteroatoms. The topological polar surface area (TPSA) is 44.8 Å². The van der Waals surface area contributed by atoms with Crippen LogP contribution in [0.5, 0.6) is 0 Å². The van der Waals surface area contributed by atoms with Crippen molar-refractivity contribution in [1.29, 1.82) is 0 Å². The van der Waals surface area contributed by atoms with Crippen molar-refractivity contribution in [1.82, 2.24) is 9.80 Å². The number of piperidine rings is 1. The Hall–Kier alpha value is -1.85. The average molecular weight is 329 g/mol. The van der Waals surface area contributed by atoms with Crippen molar-refractivity contribution in [3.05, 3.63) is 42.0 Å². The number of ether oxygens (including phenoxy) is 1. The number of benzene rings is 1. The third kappa shape index (κ3) is 4.16. The minimum Gasteiger partial charge on any atom is -0.384 e. The summed E-state index contributed by atoms with van der Waals surface area (Å²) in [4.78, 5) is 17.0. The number of nitrogens with one attached hydrogen (secondary N) is 1. The van der Waals surface area contributed by atoms with Gasteiger partial charge in [0.1, 0.15) is 0 Å². The predicted octanol–water partition coefficient (Wildman–Crippen LogP) is 2.74. The number of hydrogen-bond acceptors (Lipinski definition) is 3. The second-order valence-electron chi connectivity index (χ2n) is 6.47. The maximum atomic E-state index is 12.6. The van der Waals surface area contributed by atoms with Crippen molar-refractivity contribution in [2.75, 3.05) is 45.2 Å². The number of nitrogens with zero attached hydrogens (tertiary/aromatic N) is 2. The average Bonchev–Trinajstić information content (AvgIpc) is 3.16. The monoisotopic (exact) mass is 329 g/mol. The smallest absolute Gasteiger partial charge is 0.321 e. The summed E-state index contributed by atoms with van der Waals surface area (Å²) in [7, 11) is 1.70. The van der Waals surface area contributed by atoms with Crippen LogP contribution in [0.3, 0.4) is 0 Å². The number of amides is 2. The fourth-order valence-electron chi connectivity index (χ4n) is 3.49. The first-order chi connectivity index (χ1) is 11.8. The fraction of sp³-hybridized carbons (Fsp3) is 0.526. The van der Waals surface area contributed by atoms with Gasteiger partial charge in [-0.25, -0.2) is 4.79 Å². The molecule has 5 nitrogen and oxygen atoms in total. The Morgan fingerprint density at radius 2 is 1.92 bits per heavy atom. The number of likely N-dealkylation sites (tertiary alicyclic amines) is 1. The molecule has 0 saturated carbocycles. The van der Waals surface area contributed by atoms with Crippen LogP contribution in [-0.2, 0) is 11.2 Å². The summed E-state index contributed by atoms with van der Waals surface area (Å²) in [6.45, 7) is 4.43. The van der Waals surface area contributed by atoms with Gasteiger partial charge < -0.3 is 15.0 Å². The first kappa shape index (κ1) is 17.0. The number of carbonyl (C=O) groups is 1. The molecule has 0 aliphatic carbocycles. The van der Waals surface area contributed by atoms with E-state index in [-0.39, 0.29) is 6.03 Å². The van der Waals surface area contributed by atoms with Crippen molar-refractivity contribution in [2.24, 2.45) is 0 Å². The minimum atomic E-state index is 0.0119. The molecular formula is C19H27N3O2. The molecule has 2 amide bonds. The zero-order chi connectivity index (χ0) is 16.8. The number of hydrogen-bond donors (Lipinski definition) is 1. The Bertz CT molecular complexity index is 572. The number of rotatable bonds is 5. The number of urea groups is 1. The highest BCUT2D eigenvalue weighted by Crippen LogP contribution is 2.21. The zero-order valence-electron chi connectivity index (χ0n) is 14.4. The highest BCUT2D eigenvalue weighted by molar-refractivity contribution is 5.90. The number of carbonyl (C=O) groups excluding carboxylic acids is 1. The molecule has 1 fully saturated rings. The molecule has 24 heavy (non-hydrogen) atoms. The molecular weight excluding hydrogens is 302 g/mol. The Balaban J connectivity index is 1.52. The second-order valence-corrected chi connectivity index (χ2v) is 6.47. The molecule has 1 aromatic carbocycles. The van der Waals surface area contributed by atoms with Gasteiger partial charge in [0.2, 0.25) is 0 Å². The Morgan fingerprint density at radius 3 is 2.62 bits per heavy atom. The van der Waals surface area contributed by atoms with Gasteiger partial charge in [-0.15, -0.1) is 0 Å². The molecule has 0 unspecified atom stereocenters. The summed E-state index contributed by atoms with van der Waals surface area (Å²) in [6, 6.07) is 8.58. The molecule has 130 valence electrons. The van der Waals surface area contributed by atoms with E-state index in [4.69, 9.17) is 4.74 Å². The third-order valence-electron chi connectivity index (χ3n) is 4.95. The normalized spacial score (nSPS) is 19.0. The maximum absolute atomic E-state index is 12.6. The summed E-state index contributed by atoms with van der Waals surface area (Å²) in [5.74, 6) is 0. The van der Waals surface area contributed by atoms with Crippen LogP contribution in [0.15, 0.2) is 36.4 Å². The van der Waals surface area contributed by atoms with Gasteiger partial charge in [0.15, 0.2) is 0 Å². The summed E-state index contributed by atoms with van der Waals surface area (Å²) < 4.78 is 5.15. The quantitative estimate of drug-likeness (QED) is 0.845. The van der Waals surface area contributed by atoms with Crippen LogP contribution in [0.2, 0.25) is 0 Å². The summed E-state index contributed by atoms with van der Waals surface area (Å²) in [6.07, 6.45) is 7.38. The van der Waals surface area contributed by atoms with Gasteiger partial charge in [0.05, 0.1) is 6.61 Å². The molecule has 0 bridgehead atoms. The van der Waals surface area contributed by atoms with Gasteiger partial charge in [-0.1, -0.05) is 30.4 Å². The lowest BCUT2D eigenvalue weighted by atomic mass is 10.0. The standard InChI is InChI=1S/C19H27N3O2/c1-24-15-10-16-6-2-3-7-18(16)20-19(23)22-13-8-17(9-14-22)21-11-4-5-12-21/h2-7,17H,8-15H2,1H3,(H,20,23). The number of para-hydroxylation sites is 1. The highest BCUT2D eigenvalue weighted by Gasteiger charge is 2.27.